The number of anilines is 6. The van der Waals surface area contributed by atoms with E-state index in [4.69, 9.17) is 0 Å². The third-order valence-corrected chi connectivity index (χ3v) is 22.9. The largest absolute Gasteiger partial charge is 0.310 e. The van der Waals surface area contributed by atoms with Crippen LogP contribution in [-0.4, -0.2) is 15.8 Å². The van der Waals surface area contributed by atoms with Gasteiger partial charge in [0.2, 0.25) is 0 Å². The monoisotopic (exact) mass is 1400 g/mol. The van der Waals surface area contributed by atoms with Gasteiger partial charge >= 0.3 is 0 Å². The van der Waals surface area contributed by atoms with Gasteiger partial charge in [0.05, 0.1) is 33.4 Å². The third kappa shape index (κ3) is 10.7. The number of hydrogen-bond donors (Lipinski definition) is 0. The van der Waals surface area contributed by atoms with Gasteiger partial charge in [0, 0.05) is 77.9 Å². The lowest BCUT2D eigenvalue weighted by atomic mass is 9.33. The van der Waals surface area contributed by atoms with Crippen molar-refractivity contribution >= 4 is 101 Å². The Morgan fingerprint density at radius 1 is 0.200 bits per heavy atom. The van der Waals surface area contributed by atoms with Gasteiger partial charge in [-0.05, 0) is 230 Å². The van der Waals surface area contributed by atoms with E-state index in [-0.39, 0.29) is 6.71 Å². The van der Waals surface area contributed by atoms with Crippen LogP contribution in [0.2, 0.25) is 0 Å². The zero-order valence-electron chi connectivity index (χ0n) is 61.3. The molecule has 0 radical (unpaired) electrons. The van der Waals surface area contributed by atoms with E-state index in [1.165, 1.54) is 71.3 Å². The molecule has 2 aliphatic heterocycles. The fourth-order valence-electron chi connectivity index (χ4n) is 18.2. The maximum Gasteiger partial charge on any atom is 0.252 e. The van der Waals surface area contributed by atoms with E-state index in [0.29, 0.717) is 0 Å². The molecule has 21 rings (SSSR count). The average molecular weight is 1400 g/mol. The van der Waals surface area contributed by atoms with E-state index in [0.717, 1.165) is 140 Å². The number of nitrogens with zero attached hydrogens (tertiary/aromatic N) is 4. The Labute approximate surface area is 641 Å². The lowest BCUT2D eigenvalue weighted by Gasteiger charge is -2.46. The van der Waals surface area contributed by atoms with Crippen LogP contribution >= 0.6 is 0 Å². The molecule has 0 fully saturated rings. The molecule has 0 atom stereocenters. The van der Waals surface area contributed by atoms with Crippen LogP contribution in [0.15, 0.2) is 388 Å². The molecular weight excluding hydrogens is 1330 g/mol. The van der Waals surface area contributed by atoms with Crippen LogP contribution in [0, 0.1) is 20.8 Å². The van der Waals surface area contributed by atoms with Crippen LogP contribution < -0.4 is 26.2 Å². The third-order valence-electron chi connectivity index (χ3n) is 22.9. The molecule has 0 unspecified atom stereocenters. The summed E-state index contributed by atoms with van der Waals surface area (Å²) >= 11 is 0. The highest BCUT2D eigenvalue weighted by atomic mass is 15.2. The first kappa shape index (κ1) is 64.4. The molecule has 17 aromatic carbocycles. The summed E-state index contributed by atoms with van der Waals surface area (Å²) in [7, 11) is 0. The Balaban J connectivity index is 0.878. The standard InChI is InChI=1S/C105H73BN4/c1-68-56-89(73-32-12-6-13-33-73)104(91(58-68)81-42-26-40-79(64-81)77-38-24-36-75(62-77)71-28-8-4-9-29-71)109-99-66-83(107-95-48-20-16-44-85(95)86-45-17-21-49-96(86)107)52-54-93(99)106-94-55-53-84(108-97-50-22-18-46-87(97)88-47-19-23-51-98(88)108)67-100(94)110(102-61-70(3)60-101(109)103(102)106)105-90(74-34-14-7-15-35-74)57-69(2)59-92(105)82-43-27-41-80(65-82)78-39-25-37-76(63-78)72-30-10-5-11-31-72/h4-67H,1-3H3. The minimum Gasteiger partial charge on any atom is -0.310 e. The Morgan fingerprint density at radius 2 is 0.464 bits per heavy atom. The fraction of sp³-hybridized carbons (Fsp3) is 0.0286. The first-order valence-electron chi connectivity index (χ1n) is 38.2. The molecule has 4 heterocycles. The van der Waals surface area contributed by atoms with Gasteiger partial charge in [-0.2, -0.15) is 0 Å². The SMILES string of the molecule is Cc1cc(-c2ccccc2)c(N2c3cc(-n4c5ccccc5c5ccccc54)ccc3B3c4ccc(-n5c6ccccc6c6ccccc65)cc4N(c4c(-c5ccccc5)cc(C)cc4-c4cccc(-c5cccc(-c6ccccc6)c5)c4)c4cc(C)cc2c43)c(-c2cccc(-c3cccc(-c4ccccc4)c3)c2)c1. The van der Waals surface area contributed by atoms with Crippen molar-refractivity contribution in [2.75, 3.05) is 9.80 Å². The van der Waals surface area contributed by atoms with Crippen molar-refractivity contribution in [2.24, 2.45) is 0 Å². The molecule has 0 amide bonds. The normalized spacial score (nSPS) is 12.3. The lowest BCUT2D eigenvalue weighted by Crippen LogP contribution is -2.61. The van der Waals surface area contributed by atoms with Gasteiger partial charge in [-0.25, -0.2) is 0 Å². The zero-order chi connectivity index (χ0) is 73.1. The summed E-state index contributed by atoms with van der Waals surface area (Å²) < 4.78 is 4.99. The summed E-state index contributed by atoms with van der Waals surface area (Å²) in [5, 5.41) is 4.89. The van der Waals surface area contributed by atoms with Crippen molar-refractivity contribution in [3.05, 3.63) is 405 Å². The summed E-state index contributed by atoms with van der Waals surface area (Å²) in [6, 6.07) is 146. The lowest BCUT2D eigenvalue weighted by molar-refractivity contribution is 1.16. The van der Waals surface area contributed by atoms with E-state index >= 15 is 0 Å². The van der Waals surface area contributed by atoms with E-state index in [2.05, 4.69) is 428 Å². The van der Waals surface area contributed by atoms with E-state index in [9.17, 15) is 0 Å². The van der Waals surface area contributed by atoms with Crippen molar-refractivity contribution in [2.45, 2.75) is 20.8 Å². The maximum atomic E-state index is 2.70. The van der Waals surface area contributed by atoms with Crippen molar-refractivity contribution in [3.8, 4) is 100 Å². The molecule has 19 aromatic rings. The Hall–Kier alpha value is -14.0. The second-order valence-electron chi connectivity index (χ2n) is 29.8. The van der Waals surface area contributed by atoms with Gasteiger partial charge in [-0.15, -0.1) is 0 Å². The van der Waals surface area contributed by atoms with Crippen LogP contribution in [0.4, 0.5) is 34.1 Å². The molecule has 2 aromatic heterocycles. The molecule has 5 heteroatoms. The highest BCUT2D eigenvalue weighted by molar-refractivity contribution is 7.00. The topological polar surface area (TPSA) is 16.3 Å². The number of rotatable bonds is 12. The molecule has 110 heavy (non-hydrogen) atoms. The van der Waals surface area contributed by atoms with Crippen LogP contribution in [0.3, 0.4) is 0 Å². The number of hydrogen-bond acceptors (Lipinski definition) is 2. The van der Waals surface area contributed by atoms with Gasteiger partial charge in [-0.3, -0.25) is 0 Å². The van der Waals surface area contributed by atoms with Crippen LogP contribution in [0.25, 0.3) is 144 Å². The molecule has 516 valence electrons. The van der Waals surface area contributed by atoms with Crippen molar-refractivity contribution in [3.63, 3.8) is 0 Å². The van der Waals surface area contributed by atoms with Gasteiger partial charge in [0.15, 0.2) is 0 Å². The molecule has 0 spiro atoms. The first-order chi connectivity index (χ1) is 54.3. The molecule has 0 N–H and O–H groups in total. The highest BCUT2D eigenvalue weighted by Gasteiger charge is 2.46. The zero-order valence-corrected chi connectivity index (χ0v) is 61.3. The van der Waals surface area contributed by atoms with Crippen molar-refractivity contribution < 1.29 is 0 Å². The van der Waals surface area contributed by atoms with Gasteiger partial charge in [-0.1, -0.05) is 279 Å². The Bertz CT molecular complexity index is 6370. The smallest absolute Gasteiger partial charge is 0.252 e. The van der Waals surface area contributed by atoms with Crippen LogP contribution in [0.5, 0.6) is 0 Å². The average Bonchev–Trinajstić information content (AvgIpc) is 0.737. The number of benzene rings is 17. The molecule has 4 nitrogen and oxygen atoms in total. The van der Waals surface area contributed by atoms with Crippen molar-refractivity contribution in [1.82, 2.24) is 9.13 Å². The number of fused-ring (bicyclic) bond motifs is 10. The first-order valence-corrected chi connectivity index (χ1v) is 38.2. The fourth-order valence-corrected chi connectivity index (χ4v) is 18.2. The number of aromatic nitrogens is 2. The van der Waals surface area contributed by atoms with Gasteiger partial charge in [0.1, 0.15) is 0 Å². The highest BCUT2D eigenvalue weighted by Crippen LogP contribution is 2.55. The predicted octanol–water partition coefficient (Wildman–Crippen LogP) is 26.2. The summed E-state index contributed by atoms with van der Waals surface area (Å²) in [5.74, 6) is 0. The molecular formula is C105H73BN4. The van der Waals surface area contributed by atoms with E-state index < -0.39 is 0 Å². The van der Waals surface area contributed by atoms with Gasteiger partial charge in [0.25, 0.3) is 6.71 Å². The molecule has 0 saturated carbocycles. The second kappa shape index (κ2) is 26.2. The molecule has 0 bridgehead atoms. The minimum absolute atomic E-state index is 0.249. The predicted molar refractivity (Wildman–Crippen MR) is 467 cm³/mol. The molecule has 0 aliphatic carbocycles. The minimum atomic E-state index is -0.249. The summed E-state index contributed by atoms with van der Waals surface area (Å²) in [4.78, 5) is 5.40. The second-order valence-corrected chi connectivity index (χ2v) is 29.8. The van der Waals surface area contributed by atoms with Gasteiger partial charge < -0.3 is 18.9 Å². The molecule has 0 saturated heterocycles. The Kier molecular flexibility index (Phi) is 15.3. The van der Waals surface area contributed by atoms with Crippen molar-refractivity contribution in [1.29, 1.82) is 0 Å². The Morgan fingerprint density at radius 3 is 0.809 bits per heavy atom. The van der Waals surface area contributed by atoms with Crippen LogP contribution in [-0.2, 0) is 0 Å². The molecule has 2 aliphatic rings. The summed E-state index contributed by atoms with van der Waals surface area (Å²) in [5.41, 5.74) is 39.1. The number of aryl methyl sites for hydroxylation is 3. The summed E-state index contributed by atoms with van der Waals surface area (Å²) in [6.07, 6.45) is 0. The van der Waals surface area contributed by atoms with Crippen LogP contribution in [0.1, 0.15) is 16.7 Å². The quantitative estimate of drug-likeness (QED) is 0.113. The number of para-hydroxylation sites is 4. The van der Waals surface area contributed by atoms with E-state index in [1.54, 1.807) is 0 Å². The maximum absolute atomic E-state index is 2.70. The summed E-state index contributed by atoms with van der Waals surface area (Å²) in [6.45, 7) is 6.61. The van der Waals surface area contributed by atoms with E-state index in [1.807, 2.05) is 0 Å².